The number of ether oxygens (including phenoxy) is 1. The third kappa shape index (κ3) is 4.63. The van der Waals surface area contributed by atoms with Crippen LogP contribution in [0.25, 0.3) is 5.57 Å². The zero-order chi connectivity index (χ0) is 21.8. The van der Waals surface area contributed by atoms with Gasteiger partial charge in [0.15, 0.2) is 0 Å². The van der Waals surface area contributed by atoms with E-state index in [9.17, 15) is 9.59 Å². The van der Waals surface area contributed by atoms with E-state index in [-0.39, 0.29) is 17.9 Å². The molecule has 0 bridgehead atoms. The lowest BCUT2D eigenvalue weighted by molar-refractivity contribution is -0.117. The monoisotopic (exact) mass is 440 g/mol. The molecule has 1 amide bonds. The standard InChI is InChI=1S/C23H28N4O3S/c1-16(28)27(18-9-13-26(14-10-18)23-24-11-6-12-25-23)19-15-20(17-7-4-3-5-8-17)31-21(19)22(29)30-2/h6-7,11-12,15,18H,3-5,8-10,13-14H2,1-2H3. The van der Waals surface area contributed by atoms with E-state index < -0.39 is 0 Å². The third-order valence-electron chi connectivity index (χ3n) is 5.95. The van der Waals surface area contributed by atoms with Gasteiger partial charge in [0.05, 0.1) is 12.8 Å². The maximum Gasteiger partial charge on any atom is 0.350 e. The molecule has 2 aromatic heterocycles. The van der Waals surface area contributed by atoms with Crippen molar-refractivity contribution < 1.29 is 14.3 Å². The molecule has 2 aliphatic rings. The lowest BCUT2D eigenvalue weighted by atomic mass is 9.98. The Kier molecular flexibility index (Phi) is 6.65. The number of allylic oxidation sites excluding steroid dienone is 2. The molecular formula is C23H28N4O3S. The normalized spacial score (nSPS) is 17.2. The van der Waals surface area contributed by atoms with E-state index in [1.165, 1.54) is 30.4 Å². The number of methoxy groups -OCH3 is 1. The van der Waals surface area contributed by atoms with Gasteiger partial charge in [0, 0.05) is 43.3 Å². The Balaban J connectivity index is 1.60. The molecular weight excluding hydrogens is 412 g/mol. The highest BCUT2D eigenvalue weighted by Gasteiger charge is 2.32. The van der Waals surface area contributed by atoms with Crippen molar-refractivity contribution >= 4 is 40.4 Å². The molecule has 8 heteroatoms. The van der Waals surface area contributed by atoms with Gasteiger partial charge < -0.3 is 14.5 Å². The van der Waals surface area contributed by atoms with Crippen LogP contribution in [0, 0.1) is 0 Å². The zero-order valence-electron chi connectivity index (χ0n) is 18.0. The van der Waals surface area contributed by atoms with Crippen LogP contribution in [0.2, 0.25) is 0 Å². The fraction of sp³-hybridized carbons (Fsp3) is 0.478. The van der Waals surface area contributed by atoms with E-state index >= 15 is 0 Å². The summed E-state index contributed by atoms with van der Waals surface area (Å²) in [6.07, 6.45) is 11.7. The molecule has 2 aromatic rings. The van der Waals surface area contributed by atoms with E-state index in [1.807, 2.05) is 6.07 Å². The minimum absolute atomic E-state index is 0.0173. The lowest BCUT2D eigenvalue weighted by Crippen LogP contribution is -2.47. The summed E-state index contributed by atoms with van der Waals surface area (Å²) in [4.78, 5) is 39.5. The maximum absolute atomic E-state index is 12.8. The van der Waals surface area contributed by atoms with Crippen molar-refractivity contribution in [2.75, 3.05) is 30.0 Å². The summed E-state index contributed by atoms with van der Waals surface area (Å²) in [5.74, 6) is 0.276. The smallest absolute Gasteiger partial charge is 0.350 e. The number of amides is 1. The molecule has 4 rings (SSSR count). The van der Waals surface area contributed by atoms with Gasteiger partial charge in [0.25, 0.3) is 0 Å². The molecule has 3 heterocycles. The topological polar surface area (TPSA) is 75.6 Å². The lowest BCUT2D eigenvalue weighted by Gasteiger charge is -2.38. The quantitative estimate of drug-likeness (QED) is 0.645. The summed E-state index contributed by atoms with van der Waals surface area (Å²) < 4.78 is 5.06. The van der Waals surface area contributed by atoms with Crippen LogP contribution in [-0.2, 0) is 9.53 Å². The van der Waals surface area contributed by atoms with E-state index in [0.717, 1.165) is 50.1 Å². The number of piperidine rings is 1. The number of esters is 1. The van der Waals surface area contributed by atoms with Crippen molar-refractivity contribution in [3.8, 4) is 0 Å². The Morgan fingerprint density at radius 2 is 1.94 bits per heavy atom. The molecule has 1 fully saturated rings. The van der Waals surface area contributed by atoms with Gasteiger partial charge in [-0.2, -0.15) is 0 Å². The molecule has 1 aliphatic heterocycles. The summed E-state index contributed by atoms with van der Waals surface area (Å²) in [5.41, 5.74) is 1.95. The van der Waals surface area contributed by atoms with Crippen LogP contribution >= 0.6 is 11.3 Å². The fourth-order valence-electron chi connectivity index (χ4n) is 4.42. The van der Waals surface area contributed by atoms with Crippen molar-refractivity contribution in [2.45, 2.75) is 51.5 Å². The van der Waals surface area contributed by atoms with E-state index in [0.29, 0.717) is 16.5 Å². The summed E-state index contributed by atoms with van der Waals surface area (Å²) in [7, 11) is 1.39. The molecule has 7 nitrogen and oxygen atoms in total. The first-order valence-electron chi connectivity index (χ1n) is 10.8. The Bertz CT molecular complexity index is 964. The first-order chi connectivity index (χ1) is 15.1. The van der Waals surface area contributed by atoms with Gasteiger partial charge in [-0.1, -0.05) is 6.08 Å². The number of aromatic nitrogens is 2. The van der Waals surface area contributed by atoms with Gasteiger partial charge in [0.2, 0.25) is 11.9 Å². The largest absolute Gasteiger partial charge is 0.465 e. The van der Waals surface area contributed by atoms with Crippen LogP contribution in [0.5, 0.6) is 0 Å². The number of carbonyl (C=O) groups is 2. The van der Waals surface area contributed by atoms with Gasteiger partial charge in [-0.05, 0) is 56.2 Å². The van der Waals surface area contributed by atoms with Crippen molar-refractivity contribution in [3.05, 3.63) is 40.4 Å². The number of hydrogen-bond acceptors (Lipinski definition) is 7. The predicted octanol–water partition coefficient (Wildman–Crippen LogP) is 4.30. The van der Waals surface area contributed by atoms with Crippen LogP contribution < -0.4 is 9.80 Å². The molecule has 0 unspecified atom stereocenters. The molecule has 1 saturated heterocycles. The number of thiophene rings is 1. The number of hydrogen-bond donors (Lipinski definition) is 0. The second kappa shape index (κ2) is 9.60. The first kappa shape index (κ1) is 21.5. The van der Waals surface area contributed by atoms with Gasteiger partial charge in [-0.15, -0.1) is 11.3 Å². The molecule has 0 aromatic carbocycles. The molecule has 0 atom stereocenters. The Morgan fingerprint density at radius 3 is 2.55 bits per heavy atom. The number of nitrogens with zero attached hydrogens (tertiary/aromatic N) is 4. The fourth-order valence-corrected chi connectivity index (χ4v) is 5.56. The molecule has 0 spiro atoms. The van der Waals surface area contributed by atoms with E-state index in [4.69, 9.17) is 4.74 Å². The van der Waals surface area contributed by atoms with Crippen LogP contribution in [0.1, 0.15) is 60.0 Å². The van der Waals surface area contributed by atoms with Gasteiger partial charge in [0.1, 0.15) is 4.88 Å². The van der Waals surface area contributed by atoms with E-state index in [1.54, 1.807) is 30.3 Å². The van der Waals surface area contributed by atoms with E-state index in [2.05, 4.69) is 20.9 Å². The first-order valence-corrected chi connectivity index (χ1v) is 11.6. The van der Waals surface area contributed by atoms with Crippen molar-refractivity contribution in [3.63, 3.8) is 0 Å². The zero-order valence-corrected chi connectivity index (χ0v) is 18.9. The number of rotatable bonds is 5. The van der Waals surface area contributed by atoms with Gasteiger partial charge in [-0.3, -0.25) is 4.79 Å². The highest BCUT2D eigenvalue weighted by Crippen LogP contribution is 2.40. The molecule has 164 valence electrons. The van der Waals surface area contributed by atoms with Crippen LogP contribution in [0.15, 0.2) is 30.6 Å². The molecule has 0 N–H and O–H groups in total. The predicted molar refractivity (Wildman–Crippen MR) is 123 cm³/mol. The average Bonchev–Trinajstić information content (AvgIpc) is 3.25. The number of carbonyl (C=O) groups excluding carboxylic acids is 2. The van der Waals surface area contributed by atoms with Crippen molar-refractivity contribution in [2.24, 2.45) is 0 Å². The summed E-state index contributed by atoms with van der Waals surface area (Å²) >= 11 is 1.44. The van der Waals surface area contributed by atoms with Crippen LogP contribution in [-0.4, -0.2) is 48.1 Å². The molecule has 31 heavy (non-hydrogen) atoms. The van der Waals surface area contributed by atoms with Gasteiger partial charge >= 0.3 is 5.97 Å². The Labute approximate surface area is 186 Å². The molecule has 0 radical (unpaired) electrons. The highest BCUT2D eigenvalue weighted by atomic mass is 32.1. The molecule has 0 saturated carbocycles. The van der Waals surface area contributed by atoms with Crippen LogP contribution in [0.3, 0.4) is 0 Å². The Morgan fingerprint density at radius 1 is 1.19 bits per heavy atom. The van der Waals surface area contributed by atoms with Gasteiger partial charge in [-0.25, -0.2) is 14.8 Å². The maximum atomic E-state index is 12.8. The minimum atomic E-state index is -0.385. The summed E-state index contributed by atoms with van der Waals surface area (Å²) in [5, 5.41) is 0. The molecule has 1 aliphatic carbocycles. The average molecular weight is 441 g/mol. The summed E-state index contributed by atoms with van der Waals surface area (Å²) in [6.45, 7) is 3.09. The number of anilines is 2. The summed E-state index contributed by atoms with van der Waals surface area (Å²) in [6, 6.07) is 3.84. The highest BCUT2D eigenvalue weighted by molar-refractivity contribution is 7.15. The minimum Gasteiger partial charge on any atom is -0.465 e. The Hall–Kier alpha value is -2.74. The van der Waals surface area contributed by atoms with Crippen LogP contribution in [0.4, 0.5) is 11.6 Å². The third-order valence-corrected chi connectivity index (χ3v) is 7.13. The van der Waals surface area contributed by atoms with Crippen molar-refractivity contribution in [1.29, 1.82) is 0 Å². The van der Waals surface area contributed by atoms with Crippen molar-refractivity contribution in [1.82, 2.24) is 9.97 Å². The second-order valence-corrected chi connectivity index (χ2v) is 9.00. The SMILES string of the molecule is COC(=O)c1sc(C2=CCCCC2)cc1N(C(C)=O)C1CCN(c2ncccn2)CC1. The second-order valence-electron chi connectivity index (χ2n) is 7.95.